The van der Waals surface area contributed by atoms with Crippen LogP contribution in [-0.4, -0.2) is 26.2 Å². The fourth-order valence-corrected chi connectivity index (χ4v) is 0.754. The van der Waals surface area contributed by atoms with E-state index in [0.29, 0.717) is 0 Å². The highest BCUT2D eigenvalue weighted by Crippen LogP contribution is 2.14. The summed E-state index contributed by atoms with van der Waals surface area (Å²) >= 11 is 2.17. The van der Waals surface area contributed by atoms with Crippen molar-refractivity contribution in [1.29, 1.82) is 0 Å². The van der Waals surface area contributed by atoms with Gasteiger partial charge in [-0.2, -0.15) is 0 Å². The molecule has 1 unspecified atom stereocenters. The van der Waals surface area contributed by atoms with Crippen LogP contribution in [0.1, 0.15) is 11.0 Å². The molecule has 0 bridgehead atoms. The molecular weight excluding hydrogens is 245 g/mol. The molecule has 1 rings (SSSR count). The largest absolute Gasteiger partial charge is 0.325 e. The maximum atomic E-state index is 5.59. The minimum absolute atomic E-state index is 0.0369. The third-order valence-corrected chi connectivity index (χ3v) is 2.65. The summed E-state index contributed by atoms with van der Waals surface area (Å²) in [4.78, 5) is 1.49. The lowest BCUT2D eigenvalue weighted by molar-refractivity contribution is 0.476. The van der Waals surface area contributed by atoms with Crippen LogP contribution in [-0.2, 0) is 0 Å². The summed E-state index contributed by atoms with van der Waals surface area (Å²) in [6, 6.07) is 0.0369. The third-order valence-electron chi connectivity index (χ3n) is 1.02. The van der Waals surface area contributed by atoms with E-state index in [-0.39, 0.29) is 10.1 Å². The molecule has 5 nitrogen and oxygen atoms in total. The molecule has 1 heterocycles. The molecule has 0 aromatic carbocycles. The second-order valence-corrected chi connectivity index (χ2v) is 3.26. The van der Waals surface area contributed by atoms with Crippen LogP contribution in [0.4, 0.5) is 0 Å². The van der Waals surface area contributed by atoms with Gasteiger partial charge in [-0.15, -0.1) is 15.0 Å². The average Bonchev–Trinajstić information content (AvgIpc) is 2.36. The highest BCUT2D eigenvalue weighted by Gasteiger charge is 2.12. The van der Waals surface area contributed by atoms with Crippen LogP contribution < -0.4 is 5.73 Å². The van der Waals surface area contributed by atoms with Crippen molar-refractivity contribution in [3.8, 4) is 0 Å². The first-order valence-electron chi connectivity index (χ1n) is 2.84. The molecule has 6 heteroatoms. The molecule has 1 aromatic rings. The van der Waals surface area contributed by atoms with E-state index in [9.17, 15) is 0 Å². The van der Waals surface area contributed by atoms with Crippen LogP contribution in [0.2, 0.25) is 0 Å². The lowest BCUT2D eigenvalue weighted by Crippen LogP contribution is -2.26. The first kappa shape index (κ1) is 7.86. The SMILES string of the molecule is C[C@@H](N)C(I)n1ncnn1. The zero-order chi connectivity index (χ0) is 7.56. The molecule has 0 aliphatic rings. The van der Waals surface area contributed by atoms with Gasteiger partial charge >= 0.3 is 0 Å². The Kier molecular flexibility index (Phi) is 2.55. The molecule has 0 amide bonds. The number of tetrazole rings is 1. The van der Waals surface area contributed by atoms with E-state index in [0.717, 1.165) is 0 Å². The van der Waals surface area contributed by atoms with E-state index < -0.39 is 0 Å². The first-order chi connectivity index (χ1) is 4.72. The molecule has 2 atom stereocenters. The van der Waals surface area contributed by atoms with Crippen molar-refractivity contribution in [3.05, 3.63) is 6.33 Å². The normalized spacial score (nSPS) is 16.7. The Labute approximate surface area is 72.1 Å². The molecule has 0 spiro atoms. The predicted octanol–water partition coefficient (Wildman–Crippen LogP) is -0.0461. The fourth-order valence-electron chi connectivity index (χ4n) is 0.498. The van der Waals surface area contributed by atoms with Gasteiger partial charge < -0.3 is 5.73 Å². The number of nitrogens with two attached hydrogens (primary N) is 1. The maximum absolute atomic E-state index is 5.59. The predicted molar refractivity (Wildman–Crippen MR) is 44.5 cm³/mol. The van der Waals surface area contributed by atoms with Gasteiger partial charge in [-0.05, 0) is 12.1 Å². The molecule has 2 N–H and O–H groups in total. The van der Waals surface area contributed by atoms with Gasteiger partial charge in [0.2, 0.25) is 0 Å². The Balaban J connectivity index is 2.68. The Bertz CT molecular complexity index is 184. The van der Waals surface area contributed by atoms with Crippen LogP contribution in [0.15, 0.2) is 6.33 Å². The van der Waals surface area contributed by atoms with Gasteiger partial charge in [-0.3, -0.25) is 0 Å². The monoisotopic (exact) mass is 253 g/mol. The van der Waals surface area contributed by atoms with E-state index in [4.69, 9.17) is 5.73 Å². The summed E-state index contributed by atoms with van der Waals surface area (Å²) < 4.78 is 0.0834. The lowest BCUT2D eigenvalue weighted by Gasteiger charge is -2.10. The van der Waals surface area contributed by atoms with Gasteiger partial charge in [0.15, 0.2) is 6.33 Å². The third kappa shape index (κ3) is 1.63. The molecule has 10 heavy (non-hydrogen) atoms. The zero-order valence-corrected chi connectivity index (χ0v) is 7.63. The standard InChI is InChI=1S/C4H8IN5/c1-3(6)4(5)10-8-2-7-9-10/h2-4H,6H2,1H3/t3-,4?/m1/s1. The molecule has 0 aliphatic carbocycles. The van der Waals surface area contributed by atoms with Crippen molar-refractivity contribution >= 4 is 22.6 Å². The number of alkyl halides is 1. The van der Waals surface area contributed by atoms with E-state index in [1.165, 1.54) is 11.1 Å². The topological polar surface area (TPSA) is 69.6 Å². The van der Waals surface area contributed by atoms with E-state index in [2.05, 4.69) is 38.0 Å². The highest BCUT2D eigenvalue weighted by molar-refractivity contribution is 14.1. The van der Waals surface area contributed by atoms with Crippen molar-refractivity contribution in [1.82, 2.24) is 20.2 Å². The fraction of sp³-hybridized carbons (Fsp3) is 0.750. The molecule has 0 aliphatic heterocycles. The van der Waals surface area contributed by atoms with Crippen LogP contribution >= 0.6 is 22.6 Å². The number of rotatable bonds is 2. The minimum Gasteiger partial charge on any atom is -0.325 e. The van der Waals surface area contributed by atoms with Gasteiger partial charge in [-0.1, -0.05) is 22.6 Å². The number of aromatic nitrogens is 4. The molecule has 0 saturated heterocycles. The smallest absolute Gasteiger partial charge is 0.162 e. The Morgan fingerprint density at radius 1 is 1.70 bits per heavy atom. The van der Waals surface area contributed by atoms with Crippen molar-refractivity contribution in [2.45, 2.75) is 17.0 Å². The summed E-state index contributed by atoms with van der Waals surface area (Å²) in [5, 5.41) is 11.1. The van der Waals surface area contributed by atoms with E-state index in [1.807, 2.05) is 6.92 Å². The van der Waals surface area contributed by atoms with E-state index in [1.54, 1.807) is 0 Å². The van der Waals surface area contributed by atoms with Crippen molar-refractivity contribution < 1.29 is 0 Å². The average molecular weight is 253 g/mol. The molecule has 0 radical (unpaired) electrons. The quantitative estimate of drug-likeness (QED) is 0.592. The molecule has 56 valence electrons. The van der Waals surface area contributed by atoms with Crippen LogP contribution in [0.3, 0.4) is 0 Å². The number of halogens is 1. The summed E-state index contributed by atoms with van der Waals surface area (Å²) in [5.41, 5.74) is 5.59. The highest BCUT2D eigenvalue weighted by atomic mass is 127. The Morgan fingerprint density at radius 3 is 2.80 bits per heavy atom. The van der Waals surface area contributed by atoms with Crippen LogP contribution in [0, 0.1) is 0 Å². The maximum Gasteiger partial charge on any atom is 0.162 e. The molecule has 0 fully saturated rings. The van der Waals surface area contributed by atoms with Gasteiger partial charge in [0.25, 0.3) is 0 Å². The summed E-state index contributed by atoms with van der Waals surface area (Å²) in [5.74, 6) is 0. The number of nitrogens with zero attached hydrogens (tertiary/aromatic N) is 4. The first-order valence-corrected chi connectivity index (χ1v) is 4.08. The van der Waals surface area contributed by atoms with Crippen molar-refractivity contribution in [3.63, 3.8) is 0 Å². The van der Waals surface area contributed by atoms with Crippen LogP contribution in [0.25, 0.3) is 0 Å². The molecule has 1 aromatic heterocycles. The molecular formula is C4H8IN5. The van der Waals surface area contributed by atoms with Crippen molar-refractivity contribution in [2.24, 2.45) is 5.73 Å². The molecule has 0 saturated carbocycles. The Morgan fingerprint density at radius 2 is 2.40 bits per heavy atom. The zero-order valence-electron chi connectivity index (χ0n) is 5.48. The summed E-state index contributed by atoms with van der Waals surface area (Å²) in [6.45, 7) is 1.90. The second kappa shape index (κ2) is 3.24. The lowest BCUT2D eigenvalue weighted by atomic mass is 10.4. The summed E-state index contributed by atoms with van der Waals surface area (Å²) in [6.07, 6.45) is 1.40. The van der Waals surface area contributed by atoms with Crippen LogP contribution in [0.5, 0.6) is 0 Å². The van der Waals surface area contributed by atoms with Gasteiger partial charge in [-0.25, -0.2) is 0 Å². The van der Waals surface area contributed by atoms with E-state index >= 15 is 0 Å². The Hall–Kier alpha value is -0.240. The minimum atomic E-state index is 0.0369. The number of hydrogen-bond acceptors (Lipinski definition) is 4. The summed E-state index contributed by atoms with van der Waals surface area (Å²) in [7, 11) is 0. The van der Waals surface area contributed by atoms with Gasteiger partial charge in [0.1, 0.15) is 4.05 Å². The van der Waals surface area contributed by atoms with Gasteiger partial charge in [0, 0.05) is 6.04 Å². The second-order valence-electron chi connectivity index (χ2n) is 1.99. The van der Waals surface area contributed by atoms with Gasteiger partial charge in [0.05, 0.1) is 0 Å². The number of hydrogen-bond donors (Lipinski definition) is 1. The van der Waals surface area contributed by atoms with Crippen molar-refractivity contribution in [2.75, 3.05) is 0 Å².